The second-order valence-electron chi connectivity index (χ2n) is 9.75. The lowest BCUT2D eigenvalue weighted by Crippen LogP contribution is -2.39. The Morgan fingerprint density at radius 2 is 2.03 bits per heavy atom. The van der Waals surface area contributed by atoms with Gasteiger partial charge in [0.2, 0.25) is 12.7 Å². The highest BCUT2D eigenvalue weighted by Crippen LogP contribution is 2.70. The second kappa shape index (κ2) is 7.16. The number of fused-ring (bicyclic) bond motifs is 1. The molecule has 3 fully saturated rings. The molecule has 4 atom stereocenters. The lowest BCUT2D eigenvalue weighted by Gasteiger charge is -2.30. The zero-order valence-electron chi connectivity index (χ0n) is 17.2. The third-order valence-corrected chi connectivity index (χ3v) is 8.59. The molecule has 2 aliphatic heterocycles. The monoisotopic (exact) mass is 428 g/mol. The van der Waals surface area contributed by atoms with E-state index in [2.05, 4.69) is 22.4 Å². The van der Waals surface area contributed by atoms with Crippen molar-refractivity contribution in [3.63, 3.8) is 0 Å². The summed E-state index contributed by atoms with van der Waals surface area (Å²) in [6.07, 6.45) is 11.7. The number of benzene rings is 1. The molecule has 30 heavy (non-hydrogen) atoms. The van der Waals surface area contributed by atoms with Gasteiger partial charge in [0.05, 0.1) is 0 Å². The van der Waals surface area contributed by atoms with Crippen LogP contribution in [0, 0.1) is 23.2 Å². The molecule has 3 aliphatic carbocycles. The SMILES string of the molecule is O=C1CC[C@@H](CCNCc2cc3c(cc2Cl)OCO3)N1C[C@@H]1C[C@@H]2C=C[C@@H]1C21CC1. The van der Waals surface area contributed by atoms with Gasteiger partial charge in [0.25, 0.3) is 0 Å². The lowest BCUT2D eigenvalue weighted by atomic mass is 9.88. The summed E-state index contributed by atoms with van der Waals surface area (Å²) in [5.41, 5.74) is 1.62. The summed E-state index contributed by atoms with van der Waals surface area (Å²) in [5.74, 6) is 4.02. The van der Waals surface area contributed by atoms with Crippen LogP contribution in [0.15, 0.2) is 24.3 Å². The first-order valence-electron chi connectivity index (χ1n) is 11.4. The molecule has 0 radical (unpaired) electrons. The number of carbonyl (C=O) groups excluding carboxylic acids is 1. The van der Waals surface area contributed by atoms with E-state index >= 15 is 0 Å². The molecule has 6 heteroatoms. The highest BCUT2D eigenvalue weighted by molar-refractivity contribution is 6.31. The molecule has 2 saturated carbocycles. The predicted octanol–water partition coefficient (Wildman–Crippen LogP) is 4.14. The number of hydrogen-bond donors (Lipinski definition) is 1. The number of likely N-dealkylation sites (tertiary alicyclic amines) is 1. The molecule has 1 aromatic rings. The van der Waals surface area contributed by atoms with Crippen LogP contribution in [-0.2, 0) is 11.3 Å². The summed E-state index contributed by atoms with van der Waals surface area (Å²) in [4.78, 5) is 14.8. The van der Waals surface area contributed by atoms with Gasteiger partial charge in [-0.3, -0.25) is 4.79 Å². The first-order chi connectivity index (χ1) is 14.6. The van der Waals surface area contributed by atoms with E-state index in [1.807, 2.05) is 12.1 Å². The number of amides is 1. The molecule has 1 spiro atoms. The van der Waals surface area contributed by atoms with Gasteiger partial charge in [-0.05, 0) is 73.4 Å². The molecular weight excluding hydrogens is 400 g/mol. The number of hydrogen-bond acceptors (Lipinski definition) is 4. The molecule has 1 N–H and O–H groups in total. The Morgan fingerprint density at radius 1 is 1.20 bits per heavy atom. The Bertz CT molecular complexity index is 897. The van der Waals surface area contributed by atoms with Gasteiger partial charge in [0, 0.05) is 36.6 Å². The van der Waals surface area contributed by atoms with E-state index < -0.39 is 0 Å². The van der Waals surface area contributed by atoms with Gasteiger partial charge in [-0.1, -0.05) is 23.8 Å². The third-order valence-electron chi connectivity index (χ3n) is 8.24. The number of halogens is 1. The minimum Gasteiger partial charge on any atom is -0.454 e. The second-order valence-corrected chi connectivity index (χ2v) is 10.2. The average Bonchev–Trinajstić information content (AvgIpc) is 2.95. The first kappa shape index (κ1) is 19.0. The van der Waals surface area contributed by atoms with Crippen molar-refractivity contribution < 1.29 is 14.3 Å². The van der Waals surface area contributed by atoms with Crippen molar-refractivity contribution in [2.45, 2.75) is 51.1 Å². The van der Waals surface area contributed by atoms with Crippen LogP contribution in [0.25, 0.3) is 0 Å². The van der Waals surface area contributed by atoms with Crippen molar-refractivity contribution in [3.05, 3.63) is 34.9 Å². The van der Waals surface area contributed by atoms with E-state index in [1.165, 1.54) is 19.3 Å². The maximum atomic E-state index is 12.6. The Kier molecular flexibility index (Phi) is 4.54. The van der Waals surface area contributed by atoms with Gasteiger partial charge in [0.15, 0.2) is 11.5 Å². The van der Waals surface area contributed by atoms with E-state index in [0.717, 1.165) is 49.1 Å². The largest absolute Gasteiger partial charge is 0.454 e. The van der Waals surface area contributed by atoms with E-state index in [-0.39, 0.29) is 6.79 Å². The molecule has 2 bridgehead atoms. The van der Waals surface area contributed by atoms with Crippen LogP contribution < -0.4 is 14.8 Å². The highest BCUT2D eigenvalue weighted by Gasteiger charge is 2.62. The van der Waals surface area contributed by atoms with Gasteiger partial charge >= 0.3 is 0 Å². The van der Waals surface area contributed by atoms with Crippen LogP contribution in [0.5, 0.6) is 11.5 Å². The maximum Gasteiger partial charge on any atom is 0.231 e. The van der Waals surface area contributed by atoms with E-state index in [0.29, 0.717) is 47.0 Å². The van der Waals surface area contributed by atoms with E-state index in [4.69, 9.17) is 21.1 Å². The van der Waals surface area contributed by atoms with Crippen LogP contribution in [-0.4, -0.2) is 36.7 Å². The molecule has 5 aliphatic rings. The van der Waals surface area contributed by atoms with E-state index in [9.17, 15) is 4.79 Å². The molecule has 160 valence electrons. The molecule has 1 aromatic carbocycles. The smallest absolute Gasteiger partial charge is 0.231 e. The topological polar surface area (TPSA) is 50.8 Å². The zero-order valence-corrected chi connectivity index (χ0v) is 18.0. The summed E-state index contributed by atoms with van der Waals surface area (Å²) in [6, 6.07) is 4.16. The van der Waals surface area contributed by atoms with Crippen LogP contribution in [0.3, 0.4) is 0 Å². The average molecular weight is 429 g/mol. The Hall–Kier alpha value is -1.72. The molecule has 5 nitrogen and oxygen atoms in total. The summed E-state index contributed by atoms with van der Waals surface area (Å²) in [7, 11) is 0. The predicted molar refractivity (Wildman–Crippen MR) is 115 cm³/mol. The summed E-state index contributed by atoms with van der Waals surface area (Å²) < 4.78 is 10.8. The van der Waals surface area contributed by atoms with Crippen LogP contribution in [0.1, 0.15) is 44.1 Å². The Labute approximate surface area is 182 Å². The van der Waals surface area contributed by atoms with E-state index in [1.54, 1.807) is 0 Å². The number of allylic oxidation sites excluding steroid dienone is 2. The van der Waals surface area contributed by atoms with Crippen molar-refractivity contribution in [2.75, 3.05) is 19.9 Å². The molecule has 1 saturated heterocycles. The van der Waals surface area contributed by atoms with Crippen LogP contribution >= 0.6 is 11.6 Å². The van der Waals surface area contributed by atoms with Crippen molar-refractivity contribution in [1.82, 2.24) is 10.2 Å². The Balaban J connectivity index is 1.03. The fourth-order valence-electron chi connectivity index (χ4n) is 6.52. The van der Waals surface area contributed by atoms with Gasteiger partial charge < -0.3 is 19.7 Å². The minimum absolute atomic E-state index is 0.258. The van der Waals surface area contributed by atoms with Gasteiger partial charge in [-0.25, -0.2) is 0 Å². The highest BCUT2D eigenvalue weighted by atomic mass is 35.5. The number of carbonyl (C=O) groups is 1. The number of ether oxygens (including phenoxy) is 2. The normalized spacial score (nSPS) is 32.0. The molecule has 6 rings (SSSR count). The van der Waals surface area contributed by atoms with Crippen LogP contribution in [0.4, 0.5) is 0 Å². The fraction of sp³-hybridized carbons (Fsp3) is 0.625. The molecule has 0 aromatic heterocycles. The van der Waals surface area contributed by atoms with Crippen LogP contribution in [0.2, 0.25) is 5.02 Å². The molecular formula is C24H29ClN2O3. The third kappa shape index (κ3) is 3.04. The zero-order chi connectivity index (χ0) is 20.3. The molecule has 2 heterocycles. The fourth-order valence-corrected chi connectivity index (χ4v) is 6.74. The summed E-state index contributed by atoms with van der Waals surface area (Å²) >= 11 is 6.38. The van der Waals surface area contributed by atoms with Crippen molar-refractivity contribution in [2.24, 2.45) is 23.2 Å². The van der Waals surface area contributed by atoms with Crippen molar-refractivity contribution >= 4 is 17.5 Å². The van der Waals surface area contributed by atoms with Gasteiger partial charge in [-0.15, -0.1) is 0 Å². The number of nitrogens with zero attached hydrogens (tertiary/aromatic N) is 1. The summed E-state index contributed by atoms with van der Waals surface area (Å²) in [5, 5.41) is 4.21. The molecule has 0 unspecified atom stereocenters. The lowest BCUT2D eigenvalue weighted by molar-refractivity contribution is -0.129. The molecule has 1 amide bonds. The van der Waals surface area contributed by atoms with Crippen molar-refractivity contribution in [3.8, 4) is 11.5 Å². The van der Waals surface area contributed by atoms with Gasteiger partial charge in [-0.2, -0.15) is 0 Å². The minimum atomic E-state index is 0.258. The summed E-state index contributed by atoms with van der Waals surface area (Å²) in [6.45, 7) is 2.79. The standard InChI is InChI=1S/C24H29ClN2O3/c25-20-11-22-21(29-14-30-22)10-15(20)12-26-8-5-18-2-4-23(28)27(18)13-16-9-17-1-3-19(16)24(17)6-7-24/h1,3,10-11,16-19,26H,2,4-9,12-14H2/t16-,17-,18-,19-/m0/s1. The van der Waals surface area contributed by atoms with Crippen molar-refractivity contribution in [1.29, 1.82) is 0 Å². The maximum absolute atomic E-state index is 12.6. The number of nitrogens with one attached hydrogen (secondary N) is 1. The first-order valence-corrected chi connectivity index (χ1v) is 11.8. The Morgan fingerprint density at radius 3 is 2.83 bits per heavy atom. The number of rotatable bonds is 7. The van der Waals surface area contributed by atoms with Gasteiger partial charge in [0.1, 0.15) is 0 Å². The quantitative estimate of drug-likeness (QED) is 0.523.